The van der Waals surface area contributed by atoms with Crippen molar-refractivity contribution in [3.63, 3.8) is 0 Å². The highest BCUT2D eigenvalue weighted by atomic mass is 32.2. The lowest BCUT2D eigenvalue weighted by Crippen LogP contribution is -2.29. The van der Waals surface area contributed by atoms with Gasteiger partial charge in [-0.2, -0.15) is 0 Å². The normalized spacial score (nSPS) is 15.1. The van der Waals surface area contributed by atoms with Gasteiger partial charge in [0, 0.05) is 25.5 Å². The van der Waals surface area contributed by atoms with E-state index in [9.17, 15) is 9.59 Å². The smallest absolute Gasteiger partial charge is 0.252 e. The topological polar surface area (TPSA) is 62.3 Å². The van der Waals surface area contributed by atoms with Gasteiger partial charge in [-0.25, -0.2) is 4.98 Å². The summed E-state index contributed by atoms with van der Waals surface area (Å²) in [6.07, 6.45) is 2.09. The van der Waals surface area contributed by atoms with Crippen molar-refractivity contribution in [3.05, 3.63) is 35.9 Å². The second kappa shape index (κ2) is 6.81. The zero-order valence-corrected chi connectivity index (χ0v) is 14.9. The van der Waals surface area contributed by atoms with Crippen molar-refractivity contribution in [2.75, 3.05) is 14.1 Å². The molecule has 0 bridgehead atoms. The van der Waals surface area contributed by atoms with E-state index in [-0.39, 0.29) is 17.1 Å². The Bertz CT molecular complexity index is 787. The van der Waals surface area contributed by atoms with Gasteiger partial charge >= 0.3 is 0 Å². The van der Waals surface area contributed by atoms with Crippen molar-refractivity contribution >= 4 is 34.5 Å². The molecule has 126 valence electrons. The molecule has 1 aliphatic carbocycles. The number of nitrogens with one attached hydrogen (secondary N) is 1. The van der Waals surface area contributed by atoms with E-state index in [1.54, 1.807) is 25.1 Å². The number of hydrogen-bond acceptors (Lipinski definition) is 4. The molecule has 1 N–H and O–H groups in total. The van der Waals surface area contributed by atoms with Crippen molar-refractivity contribution in [1.29, 1.82) is 0 Å². The third-order valence-corrected chi connectivity index (χ3v) is 4.94. The molecule has 0 unspecified atom stereocenters. The number of benzene rings is 1. The highest BCUT2D eigenvalue weighted by Crippen LogP contribution is 2.28. The van der Waals surface area contributed by atoms with Gasteiger partial charge in [0.2, 0.25) is 5.91 Å². The average molecular weight is 343 g/mol. The van der Waals surface area contributed by atoms with Crippen molar-refractivity contribution in [2.45, 2.75) is 36.1 Å². The number of fused-ring (bicyclic) bond motifs is 1. The van der Waals surface area contributed by atoms with Crippen LogP contribution in [0.2, 0.25) is 0 Å². The summed E-state index contributed by atoms with van der Waals surface area (Å²) in [5.74, 6) is -0.0384. The van der Waals surface area contributed by atoms with E-state index in [1.165, 1.54) is 11.8 Å². The van der Waals surface area contributed by atoms with Gasteiger partial charge in [-0.3, -0.25) is 9.59 Å². The molecule has 0 radical (unpaired) electrons. The zero-order valence-electron chi connectivity index (χ0n) is 14.1. The first-order valence-electron chi connectivity index (χ1n) is 8.04. The molecule has 2 amide bonds. The number of para-hydroxylation sites is 1. The summed E-state index contributed by atoms with van der Waals surface area (Å²) in [6, 6.07) is 9.71. The molecule has 0 spiro atoms. The Morgan fingerprint density at radius 3 is 2.67 bits per heavy atom. The molecule has 0 aliphatic heterocycles. The second-order valence-electron chi connectivity index (χ2n) is 6.27. The number of rotatable bonds is 5. The predicted molar refractivity (Wildman–Crippen MR) is 96.2 cm³/mol. The van der Waals surface area contributed by atoms with E-state index in [4.69, 9.17) is 0 Å². The molecule has 1 heterocycles. The van der Waals surface area contributed by atoms with E-state index >= 15 is 0 Å². The van der Waals surface area contributed by atoms with Crippen LogP contribution in [0.3, 0.4) is 0 Å². The van der Waals surface area contributed by atoms with Gasteiger partial charge in [0.25, 0.3) is 5.91 Å². The number of hydrogen-bond donors (Lipinski definition) is 1. The van der Waals surface area contributed by atoms with Gasteiger partial charge in [0.1, 0.15) is 0 Å². The lowest BCUT2D eigenvalue weighted by molar-refractivity contribution is -0.127. The third-order valence-electron chi connectivity index (χ3n) is 3.94. The molecular formula is C18H21N3O2S. The van der Waals surface area contributed by atoms with Crippen LogP contribution in [0.25, 0.3) is 10.9 Å². The number of carbonyl (C=O) groups excluding carboxylic acids is 2. The van der Waals surface area contributed by atoms with Crippen LogP contribution in [0.4, 0.5) is 0 Å². The summed E-state index contributed by atoms with van der Waals surface area (Å²) >= 11 is 1.38. The maximum atomic E-state index is 12.6. The molecule has 24 heavy (non-hydrogen) atoms. The van der Waals surface area contributed by atoms with Gasteiger partial charge < -0.3 is 10.2 Å². The minimum Gasteiger partial charge on any atom is -0.349 e. The van der Waals surface area contributed by atoms with Gasteiger partial charge in [-0.1, -0.05) is 30.0 Å². The monoisotopic (exact) mass is 343 g/mol. The fraction of sp³-hybridized carbons (Fsp3) is 0.389. The van der Waals surface area contributed by atoms with Crippen LogP contribution in [0.1, 0.15) is 30.1 Å². The summed E-state index contributed by atoms with van der Waals surface area (Å²) in [7, 11) is 3.48. The largest absolute Gasteiger partial charge is 0.349 e. The van der Waals surface area contributed by atoms with E-state index in [0.29, 0.717) is 16.6 Å². The minimum atomic E-state index is -0.256. The average Bonchev–Trinajstić information content (AvgIpc) is 3.37. The predicted octanol–water partition coefficient (Wildman–Crippen LogP) is 2.70. The molecule has 1 aliphatic rings. The van der Waals surface area contributed by atoms with Crippen LogP contribution in [0, 0.1) is 0 Å². The Hall–Kier alpha value is -2.08. The van der Waals surface area contributed by atoms with E-state index in [2.05, 4.69) is 10.3 Å². The quantitative estimate of drug-likeness (QED) is 0.848. The molecule has 0 saturated heterocycles. The Morgan fingerprint density at radius 1 is 1.29 bits per heavy atom. The Morgan fingerprint density at radius 2 is 2.00 bits per heavy atom. The number of thioether (sulfide) groups is 1. The fourth-order valence-electron chi connectivity index (χ4n) is 2.49. The second-order valence-corrected chi connectivity index (χ2v) is 7.63. The molecule has 2 aromatic rings. The molecular weight excluding hydrogens is 322 g/mol. The minimum absolute atomic E-state index is 0.0268. The maximum absolute atomic E-state index is 12.6. The van der Waals surface area contributed by atoms with Crippen molar-refractivity contribution < 1.29 is 9.59 Å². The van der Waals surface area contributed by atoms with E-state index < -0.39 is 0 Å². The van der Waals surface area contributed by atoms with Gasteiger partial charge in [-0.05, 0) is 31.9 Å². The number of carbonyl (C=O) groups is 2. The van der Waals surface area contributed by atoms with Gasteiger partial charge in [-0.15, -0.1) is 0 Å². The third kappa shape index (κ3) is 3.70. The standard InChI is InChI=1S/C18H21N3O2S/c1-11(18(23)21(2)3)24-16-10-14(17(22)19-12-8-9-12)13-6-4-5-7-15(13)20-16/h4-7,10-12H,8-9H2,1-3H3,(H,19,22)/t11-/m1/s1. The summed E-state index contributed by atoms with van der Waals surface area (Å²) < 4.78 is 0. The van der Waals surface area contributed by atoms with E-state index in [0.717, 1.165) is 23.7 Å². The molecule has 1 saturated carbocycles. The first-order chi connectivity index (χ1) is 11.5. The highest BCUT2D eigenvalue weighted by Gasteiger charge is 2.25. The number of pyridine rings is 1. The van der Waals surface area contributed by atoms with Crippen molar-refractivity contribution in [1.82, 2.24) is 15.2 Å². The lowest BCUT2D eigenvalue weighted by atomic mass is 10.1. The summed E-state index contributed by atoms with van der Waals surface area (Å²) in [5.41, 5.74) is 1.40. The first kappa shape index (κ1) is 16.8. The number of amides is 2. The molecule has 1 fully saturated rings. The fourth-order valence-corrected chi connectivity index (χ4v) is 3.50. The summed E-state index contributed by atoms with van der Waals surface area (Å²) in [6.45, 7) is 1.85. The Kier molecular flexibility index (Phi) is 4.76. The maximum Gasteiger partial charge on any atom is 0.252 e. The molecule has 6 heteroatoms. The molecule has 1 atom stereocenters. The summed E-state index contributed by atoms with van der Waals surface area (Å²) in [4.78, 5) is 30.8. The first-order valence-corrected chi connectivity index (χ1v) is 8.92. The molecule has 1 aromatic carbocycles. The molecule has 5 nitrogen and oxygen atoms in total. The van der Waals surface area contributed by atoms with E-state index in [1.807, 2.05) is 31.2 Å². The van der Waals surface area contributed by atoms with Crippen LogP contribution < -0.4 is 5.32 Å². The SMILES string of the molecule is C[C@@H](Sc1cc(C(=O)NC2CC2)c2ccccc2n1)C(=O)N(C)C. The van der Waals surface area contributed by atoms with Crippen molar-refractivity contribution in [3.8, 4) is 0 Å². The van der Waals surface area contributed by atoms with Crippen LogP contribution in [-0.2, 0) is 4.79 Å². The Labute approximate surface area is 145 Å². The van der Waals surface area contributed by atoms with Crippen LogP contribution >= 0.6 is 11.8 Å². The van der Waals surface area contributed by atoms with Crippen molar-refractivity contribution in [2.24, 2.45) is 0 Å². The zero-order chi connectivity index (χ0) is 17.3. The van der Waals surface area contributed by atoms with Crippen LogP contribution in [0.15, 0.2) is 35.4 Å². The van der Waals surface area contributed by atoms with Crippen LogP contribution in [-0.4, -0.2) is 47.1 Å². The summed E-state index contributed by atoms with van der Waals surface area (Å²) in [5, 5.41) is 4.31. The number of aromatic nitrogens is 1. The lowest BCUT2D eigenvalue weighted by Gasteiger charge is -2.16. The number of nitrogens with zero attached hydrogens (tertiary/aromatic N) is 2. The Balaban J connectivity index is 1.93. The van der Waals surface area contributed by atoms with Gasteiger partial charge in [0.15, 0.2) is 0 Å². The molecule has 1 aromatic heterocycles. The van der Waals surface area contributed by atoms with Crippen LogP contribution in [0.5, 0.6) is 0 Å². The van der Waals surface area contributed by atoms with Gasteiger partial charge in [0.05, 0.1) is 21.4 Å². The highest BCUT2D eigenvalue weighted by molar-refractivity contribution is 8.00. The molecule has 3 rings (SSSR count).